The third kappa shape index (κ3) is 5.56. The van der Waals surface area contributed by atoms with Crippen molar-refractivity contribution in [3.63, 3.8) is 0 Å². The monoisotopic (exact) mass is 164 g/mol. The molecular weight excluding hydrogens is 156 g/mol. The average Bonchev–Trinajstić information content (AvgIpc) is 1.58. The molecule has 0 rings (SSSR count). The first kappa shape index (κ1) is 9.43. The molecule has 0 N–H and O–H groups in total. The molecule has 0 aliphatic carbocycles. The van der Waals surface area contributed by atoms with Gasteiger partial charge in [0, 0.05) is 18.0 Å². The SMILES string of the molecule is CC(C)CC(=O)OC(=O)Cl. The van der Waals surface area contributed by atoms with Gasteiger partial charge in [0.1, 0.15) is 0 Å². The normalized spacial score (nSPS) is 9.60. The molecule has 0 unspecified atom stereocenters. The fourth-order valence-corrected chi connectivity index (χ4v) is 0.551. The number of carbonyl (C=O) groups is 2. The van der Waals surface area contributed by atoms with Gasteiger partial charge in [-0.1, -0.05) is 13.8 Å². The minimum absolute atomic E-state index is 0.184. The molecule has 3 nitrogen and oxygen atoms in total. The van der Waals surface area contributed by atoms with Crippen molar-refractivity contribution >= 4 is 23.0 Å². The third-order valence-corrected chi connectivity index (χ3v) is 0.846. The number of hydrogen-bond acceptors (Lipinski definition) is 3. The molecule has 0 aromatic carbocycles. The third-order valence-electron chi connectivity index (χ3n) is 0.769. The maximum absolute atomic E-state index is 10.5. The minimum atomic E-state index is -1.06. The summed E-state index contributed by atoms with van der Waals surface area (Å²) in [6, 6.07) is 0. The Bertz CT molecular complexity index is 142. The van der Waals surface area contributed by atoms with Crippen LogP contribution in [0, 0.1) is 5.92 Å². The van der Waals surface area contributed by atoms with E-state index in [-0.39, 0.29) is 12.3 Å². The van der Waals surface area contributed by atoms with E-state index in [0.29, 0.717) is 0 Å². The molecular formula is C6H9ClO3. The molecule has 0 aliphatic rings. The van der Waals surface area contributed by atoms with Crippen molar-refractivity contribution in [1.82, 2.24) is 0 Å². The molecule has 58 valence electrons. The molecule has 0 amide bonds. The lowest BCUT2D eigenvalue weighted by atomic mass is 10.1. The van der Waals surface area contributed by atoms with Crippen LogP contribution >= 0.6 is 11.6 Å². The molecule has 0 fully saturated rings. The molecule has 0 heterocycles. The zero-order chi connectivity index (χ0) is 8.15. The van der Waals surface area contributed by atoms with Gasteiger partial charge in [-0.2, -0.15) is 0 Å². The van der Waals surface area contributed by atoms with Crippen molar-refractivity contribution < 1.29 is 14.3 Å². The summed E-state index contributed by atoms with van der Waals surface area (Å²) < 4.78 is 4.05. The first-order valence-electron chi connectivity index (χ1n) is 2.92. The van der Waals surface area contributed by atoms with Gasteiger partial charge in [0.25, 0.3) is 0 Å². The van der Waals surface area contributed by atoms with Gasteiger partial charge in [0.15, 0.2) is 0 Å². The van der Waals surface area contributed by atoms with E-state index in [1.807, 2.05) is 13.8 Å². The highest BCUT2D eigenvalue weighted by atomic mass is 35.5. The second-order valence-electron chi connectivity index (χ2n) is 2.31. The Morgan fingerprint density at radius 2 is 2.00 bits per heavy atom. The van der Waals surface area contributed by atoms with Gasteiger partial charge in [-0.3, -0.25) is 4.79 Å². The minimum Gasteiger partial charge on any atom is -0.381 e. The summed E-state index contributed by atoms with van der Waals surface area (Å²) in [5, 5.41) is 0. The summed E-state index contributed by atoms with van der Waals surface area (Å²) >= 11 is 4.77. The first-order valence-corrected chi connectivity index (χ1v) is 3.30. The fraction of sp³-hybridized carbons (Fsp3) is 0.667. The van der Waals surface area contributed by atoms with Crippen LogP contribution in [-0.2, 0) is 9.53 Å². The molecule has 0 radical (unpaired) electrons. The summed E-state index contributed by atoms with van der Waals surface area (Å²) in [6.45, 7) is 3.69. The van der Waals surface area contributed by atoms with Crippen LogP contribution in [0.4, 0.5) is 4.79 Å². The number of rotatable bonds is 2. The van der Waals surface area contributed by atoms with Gasteiger partial charge in [0.2, 0.25) is 0 Å². The second kappa shape index (κ2) is 4.28. The molecule has 10 heavy (non-hydrogen) atoms. The quantitative estimate of drug-likeness (QED) is 0.356. The Morgan fingerprint density at radius 3 is 2.30 bits per heavy atom. The molecule has 0 aliphatic heterocycles. The summed E-state index contributed by atoms with van der Waals surface area (Å²) in [6.07, 6.45) is 0.221. The number of carbonyl (C=O) groups excluding carboxylic acids is 2. The lowest BCUT2D eigenvalue weighted by Crippen LogP contribution is -2.08. The van der Waals surface area contributed by atoms with Gasteiger partial charge in [-0.15, -0.1) is 0 Å². The van der Waals surface area contributed by atoms with Crippen LogP contribution in [0.25, 0.3) is 0 Å². The molecule has 0 spiro atoms. The van der Waals surface area contributed by atoms with Crippen molar-refractivity contribution in [2.24, 2.45) is 5.92 Å². The standard InChI is InChI=1S/C6H9ClO3/c1-4(2)3-5(8)10-6(7)9/h4H,3H2,1-2H3. The fourth-order valence-electron chi connectivity index (χ4n) is 0.464. The van der Waals surface area contributed by atoms with Gasteiger partial charge >= 0.3 is 11.4 Å². The summed E-state index contributed by atoms with van der Waals surface area (Å²) in [4.78, 5) is 20.5. The van der Waals surface area contributed by atoms with Crippen LogP contribution in [0.2, 0.25) is 0 Å². The Hall–Kier alpha value is -0.570. The summed E-state index contributed by atoms with van der Waals surface area (Å²) in [7, 11) is 0. The van der Waals surface area contributed by atoms with Gasteiger partial charge < -0.3 is 4.74 Å². The van der Waals surface area contributed by atoms with Gasteiger partial charge in [-0.25, -0.2) is 4.79 Å². The van der Waals surface area contributed by atoms with Crippen LogP contribution in [0.1, 0.15) is 20.3 Å². The van der Waals surface area contributed by atoms with E-state index in [1.54, 1.807) is 0 Å². The highest BCUT2D eigenvalue weighted by molar-refractivity contribution is 6.61. The van der Waals surface area contributed by atoms with Crippen LogP contribution < -0.4 is 0 Å². The van der Waals surface area contributed by atoms with E-state index in [0.717, 1.165) is 0 Å². The van der Waals surface area contributed by atoms with Gasteiger partial charge in [-0.05, 0) is 5.92 Å². The molecule has 0 saturated heterocycles. The highest BCUT2D eigenvalue weighted by Crippen LogP contribution is 2.01. The summed E-state index contributed by atoms with van der Waals surface area (Å²) in [5.74, 6) is -0.390. The molecule has 0 atom stereocenters. The second-order valence-corrected chi connectivity index (χ2v) is 2.62. The van der Waals surface area contributed by atoms with Crippen molar-refractivity contribution in [2.75, 3.05) is 0 Å². The maximum atomic E-state index is 10.5. The molecule has 0 aromatic rings. The molecule has 0 saturated carbocycles. The Labute approximate surface area is 64.3 Å². The zero-order valence-electron chi connectivity index (χ0n) is 5.89. The highest BCUT2D eigenvalue weighted by Gasteiger charge is 2.08. The maximum Gasteiger partial charge on any atom is 0.411 e. The van der Waals surface area contributed by atoms with Crippen LogP contribution in [-0.4, -0.2) is 11.4 Å². The number of esters is 1. The van der Waals surface area contributed by atoms with E-state index in [1.165, 1.54) is 0 Å². The van der Waals surface area contributed by atoms with Crippen molar-refractivity contribution in [3.8, 4) is 0 Å². The Kier molecular flexibility index (Phi) is 4.03. The van der Waals surface area contributed by atoms with E-state index in [9.17, 15) is 9.59 Å². The van der Waals surface area contributed by atoms with Crippen LogP contribution in [0.15, 0.2) is 0 Å². The average molecular weight is 165 g/mol. The van der Waals surface area contributed by atoms with Crippen molar-refractivity contribution in [2.45, 2.75) is 20.3 Å². The lowest BCUT2D eigenvalue weighted by molar-refractivity contribution is -0.137. The van der Waals surface area contributed by atoms with Crippen LogP contribution in [0.5, 0.6) is 0 Å². The van der Waals surface area contributed by atoms with E-state index in [2.05, 4.69) is 4.74 Å². The zero-order valence-corrected chi connectivity index (χ0v) is 6.64. The molecule has 0 aromatic heterocycles. The number of halogens is 1. The van der Waals surface area contributed by atoms with Crippen molar-refractivity contribution in [1.29, 1.82) is 0 Å². The van der Waals surface area contributed by atoms with E-state index < -0.39 is 11.4 Å². The van der Waals surface area contributed by atoms with Crippen LogP contribution in [0.3, 0.4) is 0 Å². The Morgan fingerprint density at radius 1 is 1.50 bits per heavy atom. The smallest absolute Gasteiger partial charge is 0.381 e. The molecule has 4 heteroatoms. The molecule has 0 bridgehead atoms. The van der Waals surface area contributed by atoms with Gasteiger partial charge in [0.05, 0.1) is 0 Å². The number of ether oxygens (including phenoxy) is 1. The van der Waals surface area contributed by atoms with Crippen molar-refractivity contribution in [3.05, 3.63) is 0 Å². The largest absolute Gasteiger partial charge is 0.411 e. The first-order chi connectivity index (χ1) is 4.52. The summed E-state index contributed by atoms with van der Waals surface area (Å²) in [5.41, 5.74) is -1.06. The van der Waals surface area contributed by atoms with E-state index in [4.69, 9.17) is 11.6 Å². The predicted octanol–water partition coefficient (Wildman–Crippen LogP) is 1.93. The predicted molar refractivity (Wildman–Crippen MR) is 36.8 cm³/mol. The number of hydrogen-bond donors (Lipinski definition) is 0. The topological polar surface area (TPSA) is 43.4 Å². The van der Waals surface area contributed by atoms with E-state index >= 15 is 0 Å². The Balaban J connectivity index is 3.54. The lowest BCUT2D eigenvalue weighted by Gasteiger charge is -2.00.